The summed E-state index contributed by atoms with van der Waals surface area (Å²) in [6, 6.07) is 11.0. The normalized spacial score (nSPS) is 11.5. The van der Waals surface area contributed by atoms with Gasteiger partial charge >= 0.3 is 0 Å². The molecular formula is C44H79N2+. The van der Waals surface area contributed by atoms with Crippen LogP contribution in [0.25, 0.3) is 0 Å². The summed E-state index contributed by atoms with van der Waals surface area (Å²) < 4.78 is 5.21. The van der Waals surface area contributed by atoms with Gasteiger partial charge in [0.2, 0.25) is 0 Å². The Labute approximate surface area is 288 Å². The number of rotatable bonds is 34. The van der Waals surface area contributed by atoms with Gasteiger partial charge in [-0.15, -0.1) is 0 Å². The van der Waals surface area contributed by atoms with Gasteiger partial charge in [0, 0.05) is 6.42 Å². The van der Waals surface area contributed by atoms with Gasteiger partial charge in [-0.3, -0.25) is 0 Å². The van der Waals surface area contributed by atoms with E-state index < -0.39 is 0 Å². The SMILES string of the molecule is CCCCCCCCCCCCCCCCCCCc1n(CCCCCCCCCCCCC)cc[n+]1CCCc1ccccc1. The zero-order valence-electron chi connectivity index (χ0n) is 31.3. The summed E-state index contributed by atoms with van der Waals surface area (Å²) in [4.78, 5) is 0. The van der Waals surface area contributed by atoms with Crippen molar-refractivity contribution >= 4 is 0 Å². The molecule has 0 N–H and O–H groups in total. The summed E-state index contributed by atoms with van der Waals surface area (Å²) in [5.41, 5.74) is 1.47. The topological polar surface area (TPSA) is 8.81 Å². The first-order valence-corrected chi connectivity index (χ1v) is 21.0. The van der Waals surface area contributed by atoms with Gasteiger partial charge in [0.1, 0.15) is 12.4 Å². The molecule has 0 saturated heterocycles. The van der Waals surface area contributed by atoms with Gasteiger partial charge in [-0.1, -0.05) is 205 Å². The van der Waals surface area contributed by atoms with Crippen LogP contribution in [0.15, 0.2) is 42.7 Å². The Morgan fingerprint density at radius 1 is 0.435 bits per heavy atom. The fourth-order valence-corrected chi connectivity index (χ4v) is 7.24. The summed E-state index contributed by atoms with van der Waals surface area (Å²) in [6.07, 6.45) is 48.6. The van der Waals surface area contributed by atoms with Crippen LogP contribution in [0.5, 0.6) is 0 Å². The summed E-state index contributed by atoms with van der Waals surface area (Å²) in [7, 11) is 0. The second-order valence-electron chi connectivity index (χ2n) is 14.6. The predicted octanol–water partition coefficient (Wildman–Crippen LogP) is 13.9. The molecule has 0 aliphatic rings. The molecule has 0 fully saturated rings. The first-order valence-electron chi connectivity index (χ1n) is 21.0. The number of unbranched alkanes of at least 4 members (excludes halogenated alkanes) is 26. The van der Waals surface area contributed by atoms with Crippen LogP contribution < -0.4 is 4.57 Å². The van der Waals surface area contributed by atoms with Crippen molar-refractivity contribution in [3.8, 4) is 0 Å². The molecule has 1 heterocycles. The Balaban J connectivity index is 1.58. The molecule has 0 aliphatic heterocycles. The van der Waals surface area contributed by atoms with Crippen molar-refractivity contribution in [3.05, 3.63) is 54.1 Å². The minimum Gasteiger partial charge on any atom is -0.234 e. The molecule has 0 atom stereocenters. The van der Waals surface area contributed by atoms with E-state index in [2.05, 4.69) is 65.7 Å². The van der Waals surface area contributed by atoms with E-state index in [1.807, 2.05) is 0 Å². The fraction of sp³-hybridized carbons (Fsp3) is 0.795. The van der Waals surface area contributed by atoms with Crippen molar-refractivity contribution < 1.29 is 4.57 Å². The molecule has 2 aromatic rings. The van der Waals surface area contributed by atoms with Gasteiger partial charge in [-0.05, 0) is 37.7 Å². The molecule has 0 bridgehead atoms. The highest BCUT2D eigenvalue weighted by atomic mass is 15.1. The van der Waals surface area contributed by atoms with Crippen LogP contribution in [0.3, 0.4) is 0 Å². The Morgan fingerprint density at radius 3 is 1.30 bits per heavy atom. The Bertz CT molecular complexity index is 885. The van der Waals surface area contributed by atoms with Crippen molar-refractivity contribution in [3.63, 3.8) is 0 Å². The lowest BCUT2D eigenvalue weighted by atomic mass is 10.0. The fourth-order valence-electron chi connectivity index (χ4n) is 7.24. The quantitative estimate of drug-likeness (QED) is 0.0534. The highest BCUT2D eigenvalue weighted by Gasteiger charge is 2.16. The molecular weight excluding hydrogens is 556 g/mol. The molecule has 0 amide bonds. The minimum atomic E-state index is 1.15. The second kappa shape index (κ2) is 30.7. The van der Waals surface area contributed by atoms with Gasteiger partial charge < -0.3 is 0 Å². The van der Waals surface area contributed by atoms with E-state index in [9.17, 15) is 0 Å². The molecule has 2 heteroatoms. The molecule has 2 rings (SSSR count). The maximum absolute atomic E-state index is 2.61. The lowest BCUT2D eigenvalue weighted by Crippen LogP contribution is -2.37. The van der Waals surface area contributed by atoms with Crippen LogP contribution in [-0.4, -0.2) is 4.57 Å². The number of hydrogen-bond acceptors (Lipinski definition) is 0. The van der Waals surface area contributed by atoms with E-state index in [1.165, 1.54) is 211 Å². The van der Waals surface area contributed by atoms with Crippen molar-refractivity contribution in [2.45, 2.75) is 226 Å². The molecule has 0 radical (unpaired) electrons. The Kier molecular flexibility index (Phi) is 27.1. The van der Waals surface area contributed by atoms with Crippen LogP contribution in [-0.2, 0) is 25.9 Å². The van der Waals surface area contributed by atoms with Gasteiger partial charge in [-0.2, -0.15) is 0 Å². The first kappa shape index (κ1) is 40.6. The number of aromatic nitrogens is 2. The van der Waals surface area contributed by atoms with Crippen molar-refractivity contribution in [2.75, 3.05) is 0 Å². The van der Waals surface area contributed by atoms with Gasteiger partial charge in [0.25, 0.3) is 5.82 Å². The van der Waals surface area contributed by atoms with E-state index in [4.69, 9.17) is 0 Å². The summed E-state index contributed by atoms with van der Waals surface area (Å²) in [5.74, 6) is 1.58. The van der Waals surface area contributed by atoms with Crippen molar-refractivity contribution in [2.24, 2.45) is 0 Å². The van der Waals surface area contributed by atoms with Crippen LogP contribution in [0, 0.1) is 0 Å². The van der Waals surface area contributed by atoms with E-state index in [-0.39, 0.29) is 0 Å². The average molecular weight is 636 g/mol. The minimum absolute atomic E-state index is 1.15. The lowest BCUT2D eigenvalue weighted by Gasteiger charge is -2.07. The van der Waals surface area contributed by atoms with Crippen LogP contribution in [0.4, 0.5) is 0 Å². The van der Waals surface area contributed by atoms with Crippen molar-refractivity contribution in [1.29, 1.82) is 0 Å². The molecule has 0 saturated carbocycles. The zero-order chi connectivity index (χ0) is 32.6. The molecule has 1 aromatic heterocycles. The summed E-state index contributed by atoms with van der Waals surface area (Å²) >= 11 is 0. The third-order valence-corrected chi connectivity index (χ3v) is 10.3. The molecule has 0 aliphatic carbocycles. The molecule has 0 unspecified atom stereocenters. The summed E-state index contributed by atoms with van der Waals surface area (Å²) in [5, 5.41) is 0. The van der Waals surface area contributed by atoms with Crippen LogP contribution in [0.1, 0.15) is 211 Å². The van der Waals surface area contributed by atoms with Crippen LogP contribution >= 0.6 is 0 Å². The lowest BCUT2D eigenvalue weighted by molar-refractivity contribution is -0.704. The van der Waals surface area contributed by atoms with Crippen LogP contribution in [0.2, 0.25) is 0 Å². The van der Waals surface area contributed by atoms with E-state index in [0.29, 0.717) is 0 Å². The molecule has 264 valence electrons. The van der Waals surface area contributed by atoms with Gasteiger partial charge in [0.15, 0.2) is 0 Å². The van der Waals surface area contributed by atoms with E-state index >= 15 is 0 Å². The standard InChI is InChI=1S/C44H79N2/c1-3-5-7-9-11-13-15-16-17-18-19-20-21-23-25-27-32-38-44-45(39-33-28-26-24-22-14-12-10-8-6-4-2)41-42-46(44)40-34-37-43-35-30-29-31-36-43/h29-31,35-36,41-42H,3-28,32-34,37-40H2,1-2H3/q+1. The second-order valence-corrected chi connectivity index (χ2v) is 14.6. The largest absolute Gasteiger partial charge is 0.256 e. The highest BCUT2D eigenvalue weighted by molar-refractivity contribution is 5.14. The smallest absolute Gasteiger partial charge is 0.234 e. The number of hydrogen-bond donors (Lipinski definition) is 0. The number of benzene rings is 1. The van der Waals surface area contributed by atoms with E-state index in [1.54, 1.807) is 5.82 Å². The molecule has 2 nitrogen and oxygen atoms in total. The average Bonchev–Trinajstić information content (AvgIpc) is 3.46. The Hall–Kier alpha value is -1.57. The monoisotopic (exact) mass is 636 g/mol. The number of nitrogens with zero attached hydrogens (tertiary/aromatic N) is 2. The third kappa shape index (κ3) is 22.1. The Morgan fingerprint density at radius 2 is 0.848 bits per heavy atom. The van der Waals surface area contributed by atoms with Gasteiger partial charge in [-0.25, -0.2) is 9.13 Å². The number of imidazole rings is 1. The van der Waals surface area contributed by atoms with E-state index in [0.717, 1.165) is 6.54 Å². The number of aryl methyl sites for hydroxylation is 3. The van der Waals surface area contributed by atoms with Crippen molar-refractivity contribution in [1.82, 2.24) is 4.57 Å². The molecule has 1 aromatic carbocycles. The third-order valence-electron chi connectivity index (χ3n) is 10.3. The molecule has 46 heavy (non-hydrogen) atoms. The highest BCUT2D eigenvalue weighted by Crippen LogP contribution is 2.16. The maximum Gasteiger partial charge on any atom is 0.256 e. The van der Waals surface area contributed by atoms with Gasteiger partial charge in [0.05, 0.1) is 13.1 Å². The summed E-state index contributed by atoms with van der Waals surface area (Å²) in [6.45, 7) is 6.97. The molecule has 0 spiro atoms. The zero-order valence-corrected chi connectivity index (χ0v) is 31.3. The maximum atomic E-state index is 2.61. The first-order chi connectivity index (χ1) is 22.8. The predicted molar refractivity (Wildman–Crippen MR) is 204 cm³/mol.